The van der Waals surface area contributed by atoms with Gasteiger partial charge in [0.15, 0.2) is 0 Å². The zero-order chi connectivity index (χ0) is 33.6. The molecule has 9 nitrogen and oxygen atoms in total. The van der Waals surface area contributed by atoms with Crippen LogP contribution in [0.1, 0.15) is 23.6 Å². The molecule has 1 amide bonds. The molecule has 0 unspecified atom stereocenters. The molecule has 0 saturated carbocycles. The summed E-state index contributed by atoms with van der Waals surface area (Å²) < 4.78 is 84.6. The standard InChI is InChI=1S/C31H31ClF4N4O5S/c1-19(28-24(32)6-3-7-25(28)33)12-20-8-9-26-27(13-20)40(46(44,45)23-5-2-4-21(14-23)31(34,35)36)16-22-15-38(10-11-39(22)26)30(17-41,18-42)29(37)43/h2-9,12-14,22,41-42H,10-11,15-18H2,1H3,(H2,37,43)/b19-12+/t22-/m0/s1. The Bertz CT molecular complexity index is 1780. The molecule has 0 radical (unpaired) electrons. The van der Waals surface area contributed by atoms with Gasteiger partial charge in [-0.3, -0.25) is 14.0 Å². The predicted octanol–water partition coefficient (Wildman–Crippen LogP) is 3.97. The molecule has 0 aliphatic carbocycles. The minimum atomic E-state index is -4.79. The van der Waals surface area contributed by atoms with Crippen LogP contribution in [-0.4, -0.2) is 80.4 Å². The molecule has 2 aliphatic heterocycles. The largest absolute Gasteiger partial charge is 0.416 e. The molecule has 3 aromatic carbocycles. The lowest BCUT2D eigenvalue weighted by atomic mass is 9.94. The van der Waals surface area contributed by atoms with E-state index in [4.69, 9.17) is 17.3 Å². The molecule has 4 N–H and O–H groups in total. The van der Waals surface area contributed by atoms with Gasteiger partial charge in [0.05, 0.1) is 52.7 Å². The third-order valence-electron chi connectivity index (χ3n) is 8.51. The number of fused-ring (bicyclic) bond motifs is 3. The molecule has 5 rings (SSSR count). The van der Waals surface area contributed by atoms with E-state index >= 15 is 0 Å². The first-order valence-corrected chi connectivity index (χ1v) is 16.0. The quantitative estimate of drug-likeness (QED) is 0.243. The maximum atomic E-state index is 14.6. The van der Waals surface area contributed by atoms with E-state index in [1.165, 1.54) is 23.1 Å². The number of allylic oxidation sites excluding steroid dienone is 1. The van der Waals surface area contributed by atoms with Crippen molar-refractivity contribution in [2.45, 2.75) is 29.6 Å². The molecule has 1 saturated heterocycles. The van der Waals surface area contributed by atoms with Crippen LogP contribution in [0.4, 0.5) is 28.9 Å². The van der Waals surface area contributed by atoms with E-state index in [-0.39, 0.29) is 42.5 Å². The second kappa shape index (κ2) is 12.5. The van der Waals surface area contributed by atoms with Crippen molar-refractivity contribution in [1.82, 2.24) is 4.90 Å². The van der Waals surface area contributed by atoms with Crippen molar-refractivity contribution in [3.05, 3.63) is 88.2 Å². The highest BCUT2D eigenvalue weighted by molar-refractivity contribution is 7.92. The summed E-state index contributed by atoms with van der Waals surface area (Å²) in [4.78, 5) is 15.2. The molecule has 46 heavy (non-hydrogen) atoms. The predicted molar refractivity (Wildman–Crippen MR) is 166 cm³/mol. The number of carbonyl (C=O) groups excluding carboxylic acids is 1. The summed E-state index contributed by atoms with van der Waals surface area (Å²) in [6.07, 6.45) is -3.17. The van der Waals surface area contributed by atoms with Gasteiger partial charge in [-0.25, -0.2) is 12.8 Å². The molecule has 246 valence electrons. The van der Waals surface area contributed by atoms with Crippen LogP contribution in [0.3, 0.4) is 0 Å². The molecule has 1 fully saturated rings. The van der Waals surface area contributed by atoms with Crippen molar-refractivity contribution < 1.29 is 41.0 Å². The van der Waals surface area contributed by atoms with E-state index in [1.54, 1.807) is 31.2 Å². The Balaban J connectivity index is 1.63. The zero-order valence-electron chi connectivity index (χ0n) is 24.5. The van der Waals surface area contributed by atoms with Crippen LogP contribution in [0.2, 0.25) is 5.02 Å². The summed E-state index contributed by atoms with van der Waals surface area (Å²) in [6, 6.07) is 11.9. The number of hydrogen-bond acceptors (Lipinski definition) is 7. The highest BCUT2D eigenvalue weighted by atomic mass is 35.5. The Morgan fingerprint density at radius 2 is 1.72 bits per heavy atom. The van der Waals surface area contributed by atoms with E-state index in [9.17, 15) is 41.0 Å². The number of amides is 1. The van der Waals surface area contributed by atoms with Crippen molar-refractivity contribution in [2.24, 2.45) is 5.73 Å². The van der Waals surface area contributed by atoms with Gasteiger partial charge in [-0.2, -0.15) is 13.2 Å². The number of anilines is 2. The number of halogens is 5. The number of aliphatic hydroxyl groups is 2. The third kappa shape index (κ3) is 5.95. The molecule has 3 aromatic rings. The van der Waals surface area contributed by atoms with Gasteiger partial charge in [0, 0.05) is 25.2 Å². The number of carbonyl (C=O) groups is 1. The smallest absolute Gasteiger partial charge is 0.394 e. The Kier molecular flexibility index (Phi) is 9.14. The summed E-state index contributed by atoms with van der Waals surface area (Å²) in [6.45, 7) is 0.230. The molecule has 0 aromatic heterocycles. The first kappa shape index (κ1) is 33.7. The molecule has 2 heterocycles. The lowest BCUT2D eigenvalue weighted by Crippen LogP contribution is -2.70. The maximum Gasteiger partial charge on any atom is 0.416 e. The van der Waals surface area contributed by atoms with Crippen LogP contribution in [0.5, 0.6) is 0 Å². The fourth-order valence-electron chi connectivity index (χ4n) is 6.03. The van der Waals surface area contributed by atoms with E-state index in [0.29, 0.717) is 22.9 Å². The normalized spacial score (nSPS) is 17.9. The molecule has 1 atom stereocenters. The lowest BCUT2D eigenvalue weighted by molar-refractivity contribution is -0.138. The molecular formula is C31H31ClF4N4O5S. The first-order chi connectivity index (χ1) is 21.6. The van der Waals surface area contributed by atoms with Crippen LogP contribution in [-0.2, 0) is 21.0 Å². The Morgan fingerprint density at radius 1 is 1.02 bits per heavy atom. The van der Waals surface area contributed by atoms with Gasteiger partial charge >= 0.3 is 6.18 Å². The maximum absolute atomic E-state index is 14.6. The molecule has 0 spiro atoms. The van der Waals surface area contributed by atoms with Gasteiger partial charge in [0.1, 0.15) is 11.4 Å². The summed E-state index contributed by atoms with van der Waals surface area (Å²) in [5.41, 5.74) is 4.33. The number of nitrogens with two attached hydrogens (primary N) is 1. The molecule has 0 bridgehead atoms. The van der Waals surface area contributed by atoms with Gasteiger partial charge in [-0.15, -0.1) is 0 Å². The summed E-state index contributed by atoms with van der Waals surface area (Å²) in [5.74, 6) is -1.51. The Labute approximate surface area is 268 Å². The van der Waals surface area contributed by atoms with Crippen LogP contribution >= 0.6 is 11.6 Å². The van der Waals surface area contributed by atoms with E-state index in [0.717, 1.165) is 22.5 Å². The summed E-state index contributed by atoms with van der Waals surface area (Å²) >= 11 is 6.24. The second-order valence-electron chi connectivity index (χ2n) is 11.2. The third-order valence-corrected chi connectivity index (χ3v) is 10.6. The molecular weight excluding hydrogens is 652 g/mol. The van der Waals surface area contributed by atoms with Gasteiger partial charge < -0.3 is 20.8 Å². The molecule has 2 aliphatic rings. The highest BCUT2D eigenvalue weighted by Crippen LogP contribution is 2.42. The summed E-state index contributed by atoms with van der Waals surface area (Å²) in [5, 5.41) is 20.3. The van der Waals surface area contributed by atoms with E-state index in [2.05, 4.69) is 0 Å². The number of sulfonamides is 1. The SMILES string of the molecule is C/C(=C\c1ccc2c(c1)N(S(=O)(=O)c1cccc(C(F)(F)F)c1)C[C@@H]1CN(C(CO)(CO)C(N)=O)CCN21)c1c(F)cccc1Cl. The average Bonchev–Trinajstić information content (AvgIpc) is 3.00. The van der Waals surface area contributed by atoms with Gasteiger partial charge in [-0.05, 0) is 60.5 Å². The number of aliphatic hydroxyl groups excluding tert-OH is 2. The Morgan fingerprint density at radius 3 is 2.35 bits per heavy atom. The van der Waals surface area contributed by atoms with Gasteiger partial charge in [0.2, 0.25) is 5.91 Å². The number of primary amides is 1. The van der Waals surface area contributed by atoms with Crippen molar-refractivity contribution in [3.8, 4) is 0 Å². The van der Waals surface area contributed by atoms with Crippen LogP contribution < -0.4 is 14.9 Å². The fraction of sp³-hybridized carbons (Fsp3) is 0.323. The lowest BCUT2D eigenvalue weighted by Gasteiger charge is -2.52. The monoisotopic (exact) mass is 682 g/mol. The van der Waals surface area contributed by atoms with Crippen molar-refractivity contribution >= 4 is 50.6 Å². The molecule has 15 heteroatoms. The van der Waals surface area contributed by atoms with Crippen LogP contribution in [0.15, 0.2) is 65.6 Å². The second-order valence-corrected chi connectivity index (χ2v) is 13.5. The van der Waals surface area contributed by atoms with E-state index < -0.39 is 63.2 Å². The van der Waals surface area contributed by atoms with E-state index in [1.807, 2.05) is 4.90 Å². The van der Waals surface area contributed by atoms with Crippen molar-refractivity contribution in [1.29, 1.82) is 0 Å². The summed E-state index contributed by atoms with van der Waals surface area (Å²) in [7, 11) is -4.60. The average molecular weight is 683 g/mol. The number of benzene rings is 3. The number of hydrogen-bond donors (Lipinski definition) is 3. The number of nitrogens with zero attached hydrogens (tertiary/aromatic N) is 3. The van der Waals surface area contributed by atoms with Gasteiger partial charge in [-0.1, -0.05) is 35.9 Å². The van der Waals surface area contributed by atoms with Crippen molar-refractivity contribution in [2.75, 3.05) is 48.6 Å². The van der Waals surface area contributed by atoms with Gasteiger partial charge in [0.25, 0.3) is 10.0 Å². The number of alkyl halides is 3. The number of piperazine rings is 1. The fourth-order valence-corrected chi connectivity index (χ4v) is 7.89. The first-order valence-electron chi connectivity index (χ1n) is 14.1. The number of rotatable bonds is 8. The van der Waals surface area contributed by atoms with Crippen LogP contribution in [0.25, 0.3) is 11.6 Å². The van der Waals surface area contributed by atoms with Crippen molar-refractivity contribution in [3.63, 3.8) is 0 Å². The minimum Gasteiger partial charge on any atom is -0.394 e. The Hall–Kier alpha value is -3.69. The topological polar surface area (TPSA) is 127 Å². The van der Waals surface area contributed by atoms with Crippen LogP contribution in [0, 0.1) is 5.82 Å². The highest BCUT2D eigenvalue weighted by Gasteiger charge is 2.48. The zero-order valence-corrected chi connectivity index (χ0v) is 26.1. The minimum absolute atomic E-state index is 0.00927.